The summed E-state index contributed by atoms with van der Waals surface area (Å²) < 4.78 is 0. The van der Waals surface area contributed by atoms with E-state index in [1.807, 2.05) is 91.0 Å². The Labute approximate surface area is 153 Å². The smallest absolute Gasteiger partial charge is 0.262 e. The normalized spacial score (nSPS) is 10.8. The molecular formula is C23H18N2O. The fraction of sp³-hybridized carbons (Fsp3) is 0.0435. The molecule has 0 aliphatic rings. The molecule has 26 heavy (non-hydrogen) atoms. The highest BCUT2D eigenvalue weighted by atomic mass is 16.1. The molecule has 3 aromatic rings. The van der Waals surface area contributed by atoms with E-state index in [9.17, 15) is 10.1 Å². The monoisotopic (exact) mass is 338 g/mol. The van der Waals surface area contributed by atoms with Crippen LogP contribution < -0.4 is 5.32 Å². The first-order valence-electron chi connectivity index (χ1n) is 8.35. The summed E-state index contributed by atoms with van der Waals surface area (Å²) >= 11 is 0. The van der Waals surface area contributed by atoms with Crippen LogP contribution >= 0.6 is 0 Å². The van der Waals surface area contributed by atoms with Gasteiger partial charge in [0, 0.05) is 6.54 Å². The Morgan fingerprint density at radius 2 is 1.42 bits per heavy atom. The summed E-state index contributed by atoms with van der Waals surface area (Å²) in [5.74, 6) is -0.372. The second-order valence-corrected chi connectivity index (χ2v) is 5.83. The van der Waals surface area contributed by atoms with Crippen molar-refractivity contribution in [2.75, 3.05) is 0 Å². The van der Waals surface area contributed by atoms with Crippen molar-refractivity contribution in [1.29, 1.82) is 5.26 Å². The van der Waals surface area contributed by atoms with Gasteiger partial charge in [-0.2, -0.15) is 5.26 Å². The van der Waals surface area contributed by atoms with E-state index in [0.717, 1.165) is 22.3 Å². The maximum Gasteiger partial charge on any atom is 0.262 e. The van der Waals surface area contributed by atoms with Crippen LogP contribution in [0.4, 0.5) is 0 Å². The van der Waals surface area contributed by atoms with Crippen molar-refractivity contribution in [1.82, 2.24) is 5.32 Å². The first kappa shape index (κ1) is 17.2. The van der Waals surface area contributed by atoms with Gasteiger partial charge in [-0.3, -0.25) is 4.79 Å². The van der Waals surface area contributed by atoms with Crippen molar-refractivity contribution < 1.29 is 4.79 Å². The first-order chi connectivity index (χ1) is 12.8. The summed E-state index contributed by atoms with van der Waals surface area (Å²) in [6.07, 6.45) is 1.61. The summed E-state index contributed by atoms with van der Waals surface area (Å²) in [6.45, 7) is 0.394. The van der Waals surface area contributed by atoms with E-state index in [-0.39, 0.29) is 11.5 Å². The largest absolute Gasteiger partial charge is 0.347 e. The van der Waals surface area contributed by atoms with Crippen molar-refractivity contribution in [3.63, 3.8) is 0 Å². The zero-order valence-electron chi connectivity index (χ0n) is 14.2. The zero-order valence-corrected chi connectivity index (χ0v) is 14.2. The minimum Gasteiger partial charge on any atom is -0.347 e. The Balaban J connectivity index is 1.70. The number of carbonyl (C=O) groups excluding carboxylic acids is 1. The second-order valence-electron chi connectivity index (χ2n) is 5.83. The van der Waals surface area contributed by atoms with Crippen LogP contribution in [0.5, 0.6) is 0 Å². The van der Waals surface area contributed by atoms with Gasteiger partial charge in [0.2, 0.25) is 0 Å². The molecule has 0 saturated heterocycles. The Hall–Kier alpha value is -3.64. The molecule has 3 nitrogen and oxygen atoms in total. The van der Waals surface area contributed by atoms with Crippen molar-refractivity contribution in [3.05, 3.63) is 102 Å². The predicted molar refractivity (Wildman–Crippen MR) is 104 cm³/mol. The molecule has 3 rings (SSSR count). The fourth-order valence-electron chi connectivity index (χ4n) is 2.59. The van der Waals surface area contributed by atoms with Crippen LogP contribution in [0.1, 0.15) is 11.1 Å². The van der Waals surface area contributed by atoms with Crippen LogP contribution in [0.2, 0.25) is 0 Å². The highest BCUT2D eigenvalue weighted by Gasteiger charge is 2.08. The van der Waals surface area contributed by atoms with Gasteiger partial charge in [0.05, 0.1) is 0 Å². The number of amides is 1. The Morgan fingerprint density at radius 1 is 0.846 bits per heavy atom. The average molecular weight is 338 g/mol. The summed E-state index contributed by atoms with van der Waals surface area (Å²) in [4.78, 5) is 12.2. The quantitative estimate of drug-likeness (QED) is 0.547. The topological polar surface area (TPSA) is 52.9 Å². The summed E-state index contributed by atoms with van der Waals surface area (Å²) in [7, 11) is 0. The van der Waals surface area contributed by atoms with Gasteiger partial charge in [-0.1, -0.05) is 84.9 Å². The van der Waals surface area contributed by atoms with Gasteiger partial charge in [0.15, 0.2) is 0 Å². The van der Waals surface area contributed by atoms with Gasteiger partial charge in [-0.05, 0) is 28.3 Å². The van der Waals surface area contributed by atoms with Crippen molar-refractivity contribution in [3.8, 4) is 17.2 Å². The van der Waals surface area contributed by atoms with Crippen LogP contribution in [0.25, 0.3) is 17.2 Å². The Morgan fingerprint density at radius 3 is 2.04 bits per heavy atom. The van der Waals surface area contributed by atoms with Gasteiger partial charge >= 0.3 is 0 Å². The lowest BCUT2D eigenvalue weighted by molar-refractivity contribution is -0.117. The van der Waals surface area contributed by atoms with Gasteiger partial charge in [0.25, 0.3) is 5.91 Å². The Kier molecular flexibility index (Phi) is 5.59. The lowest BCUT2D eigenvalue weighted by Crippen LogP contribution is -2.23. The van der Waals surface area contributed by atoms with Gasteiger partial charge in [-0.25, -0.2) is 0 Å². The Bertz CT molecular complexity index is 937. The number of hydrogen-bond donors (Lipinski definition) is 1. The summed E-state index contributed by atoms with van der Waals surface area (Å²) in [6, 6.07) is 29.4. The van der Waals surface area contributed by atoms with Gasteiger partial charge in [0.1, 0.15) is 11.6 Å². The number of benzene rings is 3. The third kappa shape index (κ3) is 4.46. The second kappa shape index (κ2) is 8.46. The van der Waals surface area contributed by atoms with E-state index in [0.29, 0.717) is 6.54 Å². The average Bonchev–Trinajstić information content (AvgIpc) is 2.72. The van der Waals surface area contributed by atoms with E-state index in [4.69, 9.17) is 0 Å². The molecule has 0 saturated carbocycles. The summed E-state index contributed by atoms with van der Waals surface area (Å²) in [5.41, 5.74) is 4.12. The first-order valence-corrected chi connectivity index (χ1v) is 8.35. The molecule has 0 spiro atoms. The number of nitrogens with one attached hydrogen (secondary N) is 1. The van der Waals surface area contributed by atoms with E-state index >= 15 is 0 Å². The minimum absolute atomic E-state index is 0.0911. The SMILES string of the molecule is N#C/C(=C/c1ccc(-c2ccccc2)cc1)C(=O)NCc1ccccc1. The third-order valence-corrected chi connectivity index (χ3v) is 3.99. The van der Waals surface area contributed by atoms with Crippen LogP contribution in [-0.4, -0.2) is 5.91 Å². The number of nitrogens with zero attached hydrogens (tertiary/aromatic N) is 1. The molecule has 0 radical (unpaired) electrons. The molecule has 126 valence electrons. The molecule has 0 aromatic heterocycles. The fourth-order valence-corrected chi connectivity index (χ4v) is 2.59. The van der Waals surface area contributed by atoms with Crippen LogP contribution in [0.15, 0.2) is 90.5 Å². The maximum atomic E-state index is 12.2. The molecule has 1 amide bonds. The molecule has 0 heterocycles. The molecular weight excluding hydrogens is 320 g/mol. The number of rotatable bonds is 5. The molecule has 3 heteroatoms. The molecule has 1 N–H and O–H groups in total. The van der Waals surface area contributed by atoms with E-state index in [2.05, 4.69) is 5.32 Å². The molecule has 0 bridgehead atoms. The molecule has 0 unspecified atom stereocenters. The van der Waals surface area contributed by atoms with E-state index < -0.39 is 0 Å². The molecule has 3 aromatic carbocycles. The number of nitriles is 1. The van der Waals surface area contributed by atoms with Crippen molar-refractivity contribution in [2.45, 2.75) is 6.54 Å². The molecule has 0 aliphatic carbocycles. The van der Waals surface area contributed by atoms with Gasteiger partial charge < -0.3 is 5.32 Å². The third-order valence-electron chi connectivity index (χ3n) is 3.99. The van der Waals surface area contributed by atoms with Gasteiger partial charge in [-0.15, -0.1) is 0 Å². The highest BCUT2D eigenvalue weighted by Crippen LogP contribution is 2.20. The molecule has 0 aliphatic heterocycles. The molecule has 0 atom stereocenters. The number of hydrogen-bond acceptors (Lipinski definition) is 2. The minimum atomic E-state index is -0.372. The maximum absolute atomic E-state index is 12.2. The number of carbonyl (C=O) groups is 1. The lowest BCUT2D eigenvalue weighted by Gasteiger charge is -2.05. The van der Waals surface area contributed by atoms with Crippen LogP contribution in [0, 0.1) is 11.3 Å². The summed E-state index contributed by atoms with van der Waals surface area (Å²) in [5, 5.41) is 12.1. The lowest BCUT2D eigenvalue weighted by atomic mass is 10.0. The molecule has 0 fully saturated rings. The van der Waals surface area contributed by atoms with E-state index in [1.54, 1.807) is 6.08 Å². The van der Waals surface area contributed by atoms with Crippen LogP contribution in [-0.2, 0) is 11.3 Å². The standard InChI is InChI=1S/C23H18N2O/c24-16-22(23(26)25-17-19-7-3-1-4-8-19)15-18-11-13-21(14-12-18)20-9-5-2-6-10-20/h1-15H,17H2,(H,25,26)/b22-15-. The zero-order chi connectivity index (χ0) is 18.2. The van der Waals surface area contributed by atoms with E-state index in [1.165, 1.54) is 0 Å². The van der Waals surface area contributed by atoms with Crippen LogP contribution in [0.3, 0.4) is 0 Å². The predicted octanol–water partition coefficient (Wildman–Crippen LogP) is 4.58. The van der Waals surface area contributed by atoms with Crippen molar-refractivity contribution >= 4 is 12.0 Å². The van der Waals surface area contributed by atoms with Crippen molar-refractivity contribution in [2.24, 2.45) is 0 Å². The highest BCUT2D eigenvalue weighted by molar-refractivity contribution is 6.01.